The molecule has 0 radical (unpaired) electrons. The molecule has 82 valence electrons. The Labute approximate surface area is 83.2 Å². The number of hydrogen-bond acceptors (Lipinski definition) is 4. The third-order valence-corrected chi connectivity index (χ3v) is 2.23. The number of aliphatic carboxylic acids is 1. The van der Waals surface area contributed by atoms with E-state index in [1.807, 2.05) is 6.92 Å². The Morgan fingerprint density at radius 1 is 1.79 bits per heavy atom. The smallest absolute Gasteiger partial charge is 0.323 e. The standard InChI is InChI=1S/C9H17NO4/c1-6(14-7-4-13-5-7)3-9(2,10)8(11)12/h6-7H,3-5,10H2,1-2H3,(H,11,12). The molecule has 1 fully saturated rings. The minimum absolute atomic E-state index is 0.106. The van der Waals surface area contributed by atoms with Crippen molar-refractivity contribution in [1.82, 2.24) is 0 Å². The summed E-state index contributed by atoms with van der Waals surface area (Å²) in [7, 11) is 0. The van der Waals surface area contributed by atoms with Gasteiger partial charge in [0.2, 0.25) is 0 Å². The van der Waals surface area contributed by atoms with Gasteiger partial charge < -0.3 is 20.3 Å². The van der Waals surface area contributed by atoms with Crippen LogP contribution in [-0.4, -0.2) is 42.0 Å². The van der Waals surface area contributed by atoms with Crippen molar-refractivity contribution in [3.05, 3.63) is 0 Å². The molecule has 2 atom stereocenters. The van der Waals surface area contributed by atoms with Crippen molar-refractivity contribution in [1.29, 1.82) is 0 Å². The number of hydrogen-bond donors (Lipinski definition) is 2. The minimum Gasteiger partial charge on any atom is -0.480 e. The Balaban J connectivity index is 2.30. The maximum Gasteiger partial charge on any atom is 0.323 e. The first kappa shape index (κ1) is 11.4. The average molecular weight is 203 g/mol. The first-order valence-corrected chi connectivity index (χ1v) is 4.67. The van der Waals surface area contributed by atoms with Gasteiger partial charge in [-0.05, 0) is 13.8 Å². The summed E-state index contributed by atoms with van der Waals surface area (Å²) in [5, 5.41) is 8.79. The topological polar surface area (TPSA) is 81.8 Å². The Hall–Kier alpha value is -0.650. The van der Waals surface area contributed by atoms with Crippen molar-refractivity contribution in [2.24, 2.45) is 5.73 Å². The minimum atomic E-state index is -1.22. The monoisotopic (exact) mass is 203 g/mol. The SMILES string of the molecule is CC(CC(C)(N)C(=O)O)OC1COC1. The quantitative estimate of drug-likeness (QED) is 0.656. The summed E-state index contributed by atoms with van der Waals surface area (Å²) >= 11 is 0. The molecule has 1 aliphatic heterocycles. The summed E-state index contributed by atoms with van der Waals surface area (Å²) in [6, 6.07) is 0. The number of carbonyl (C=O) groups is 1. The lowest BCUT2D eigenvalue weighted by Gasteiger charge is -2.31. The molecule has 5 heteroatoms. The molecule has 0 aromatic rings. The lowest BCUT2D eigenvalue weighted by Crippen LogP contribution is -2.49. The molecule has 1 rings (SSSR count). The van der Waals surface area contributed by atoms with Gasteiger partial charge in [-0.2, -0.15) is 0 Å². The molecule has 5 nitrogen and oxygen atoms in total. The fraction of sp³-hybridized carbons (Fsp3) is 0.889. The molecule has 3 N–H and O–H groups in total. The Kier molecular flexibility index (Phi) is 3.47. The first-order chi connectivity index (χ1) is 6.42. The van der Waals surface area contributed by atoms with Crippen LogP contribution in [0.15, 0.2) is 0 Å². The first-order valence-electron chi connectivity index (χ1n) is 4.67. The molecule has 0 saturated carbocycles. The van der Waals surface area contributed by atoms with E-state index in [0.717, 1.165) is 0 Å². The van der Waals surface area contributed by atoms with Crippen molar-refractivity contribution in [3.8, 4) is 0 Å². The van der Waals surface area contributed by atoms with Crippen LogP contribution in [0.2, 0.25) is 0 Å². The number of ether oxygens (including phenoxy) is 2. The number of carboxylic acids is 1. The van der Waals surface area contributed by atoms with Gasteiger partial charge in [0.25, 0.3) is 0 Å². The van der Waals surface area contributed by atoms with Crippen LogP contribution in [0.5, 0.6) is 0 Å². The summed E-state index contributed by atoms with van der Waals surface area (Å²) in [5.74, 6) is -1.00. The second-order valence-electron chi connectivity index (χ2n) is 4.03. The summed E-state index contributed by atoms with van der Waals surface area (Å²) < 4.78 is 10.4. The predicted octanol–water partition coefficient (Wildman–Crippen LogP) is -0.0176. The molecular formula is C9H17NO4. The van der Waals surface area contributed by atoms with Crippen LogP contribution in [0.3, 0.4) is 0 Å². The van der Waals surface area contributed by atoms with E-state index in [9.17, 15) is 4.79 Å². The lowest BCUT2D eigenvalue weighted by atomic mass is 9.96. The van der Waals surface area contributed by atoms with Gasteiger partial charge in [0.05, 0.1) is 19.3 Å². The van der Waals surface area contributed by atoms with Gasteiger partial charge in [0, 0.05) is 6.42 Å². The van der Waals surface area contributed by atoms with Crippen molar-refractivity contribution in [2.45, 2.75) is 38.0 Å². The molecule has 0 aromatic heterocycles. The van der Waals surface area contributed by atoms with Crippen LogP contribution in [0.25, 0.3) is 0 Å². The van der Waals surface area contributed by atoms with Crippen LogP contribution in [-0.2, 0) is 14.3 Å². The summed E-state index contributed by atoms with van der Waals surface area (Å²) in [5.41, 5.74) is 4.37. The van der Waals surface area contributed by atoms with Crippen LogP contribution in [0, 0.1) is 0 Å². The molecule has 1 saturated heterocycles. The van der Waals surface area contributed by atoms with E-state index in [-0.39, 0.29) is 12.2 Å². The summed E-state index contributed by atoms with van der Waals surface area (Å²) in [6.07, 6.45) is 0.253. The highest BCUT2D eigenvalue weighted by atomic mass is 16.6. The van der Waals surface area contributed by atoms with Gasteiger partial charge in [0.15, 0.2) is 0 Å². The van der Waals surface area contributed by atoms with Crippen LogP contribution in [0.1, 0.15) is 20.3 Å². The maximum absolute atomic E-state index is 10.7. The third-order valence-electron chi connectivity index (χ3n) is 2.23. The molecule has 0 aliphatic carbocycles. The Morgan fingerprint density at radius 2 is 2.36 bits per heavy atom. The van der Waals surface area contributed by atoms with Crippen LogP contribution in [0.4, 0.5) is 0 Å². The van der Waals surface area contributed by atoms with Crippen LogP contribution >= 0.6 is 0 Å². The van der Waals surface area contributed by atoms with Gasteiger partial charge in [0.1, 0.15) is 11.6 Å². The van der Waals surface area contributed by atoms with Crippen molar-refractivity contribution < 1.29 is 19.4 Å². The maximum atomic E-state index is 10.7. The highest BCUT2D eigenvalue weighted by Gasteiger charge is 2.32. The van der Waals surface area contributed by atoms with Gasteiger partial charge >= 0.3 is 5.97 Å². The molecule has 0 aromatic carbocycles. The zero-order chi connectivity index (χ0) is 10.8. The third kappa shape index (κ3) is 2.94. The second kappa shape index (κ2) is 4.25. The van der Waals surface area contributed by atoms with Crippen molar-refractivity contribution in [3.63, 3.8) is 0 Å². The number of carboxylic acid groups (broad SMARTS) is 1. The molecule has 0 spiro atoms. The average Bonchev–Trinajstić information content (AvgIpc) is 1.96. The molecule has 2 unspecified atom stereocenters. The molecule has 1 heterocycles. The van der Waals surface area contributed by atoms with Crippen LogP contribution < -0.4 is 5.73 Å². The summed E-state index contributed by atoms with van der Waals surface area (Å²) in [4.78, 5) is 10.7. The highest BCUT2D eigenvalue weighted by molar-refractivity contribution is 5.77. The molecule has 14 heavy (non-hydrogen) atoms. The van der Waals surface area contributed by atoms with Gasteiger partial charge in [-0.25, -0.2) is 0 Å². The van der Waals surface area contributed by atoms with E-state index < -0.39 is 11.5 Å². The zero-order valence-corrected chi connectivity index (χ0v) is 8.53. The van der Waals surface area contributed by atoms with E-state index >= 15 is 0 Å². The zero-order valence-electron chi connectivity index (χ0n) is 8.53. The van der Waals surface area contributed by atoms with E-state index in [4.69, 9.17) is 20.3 Å². The lowest BCUT2D eigenvalue weighted by molar-refractivity contribution is -0.160. The van der Waals surface area contributed by atoms with E-state index in [1.165, 1.54) is 6.92 Å². The highest BCUT2D eigenvalue weighted by Crippen LogP contribution is 2.16. The molecule has 0 bridgehead atoms. The predicted molar refractivity (Wildman–Crippen MR) is 50.0 cm³/mol. The van der Waals surface area contributed by atoms with E-state index in [2.05, 4.69) is 0 Å². The van der Waals surface area contributed by atoms with Gasteiger partial charge in [-0.15, -0.1) is 0 Å². The van der Waals surface area contributed by atoms with Crippen molar-refractivity contribution in [2.75, 3.05) is 13.2 Å². The second-order valence-corrected chi connectivity index (χ2v) is 4.03. The summed E-state index contributed by atoms with van der Waals surface area (Å²) in [6.45, 7) is 4.51. The fourth-order valence-corrected chi connectivity index (χ4v) is 1.35. The van der Waals surface area contributed by atoms with Gasteiger partial charge in [-0.3, -0.25) is 4.79 Å². The molecule has 0 amide bonds. The van der Waals surface area contributed by atoms with Crippen molar-refractivity contribution >= 4 is 5.97 Å². The Bertz CT molecular complexity index is 213. The van der Waals surface area contributed by atoms with Gasteiger partial charge in [-0.1, -0.05) is 0 Å². The number of nitrogens with two attached hydrogens (primary N) is 1. The normalized spacial score (nSPS) is 23.6. The Morgan fingerprint density at radius 3 is 2.71 bits per heavy atom. The van der Waals surface area contributed by atoms with E-state index in [0.29, 0.717) is 19.6 Å². The molecular weight excluding hydrogens is 186 g/mol. The van der Waals surface area contributed by atoms with E-state index in [1.54, 1.807) is 0 Å². The fourth-order valence-electron chi connectivity index (χ4n) is 1.35. The number of rotatable bonds is 5. The largest absolute Gasteiger partial charge is 0.480 e. The molecule has 1 aliphatic rings.